The molecular formula is C16H27NO2. The van der Waals surface area contributed by atoms with Crippen LogP contribution in [-0.2, 0) is 9.47 Å². The molecule has 1 N–H and O–H groups in total. The summed E-state index contributed by atoms with van der Waals surface area (Å²) in [7, 11) is 3.35. The summed E-state index contributed by atoms with van der Waals surface area (Å²) in [6, 6.07) is 11.1. The molecule has 0 saturated heterocycles. The molecule has 1 aromatic carbocycles. The summed E-state index contributed by atoms with van der Waals surface area (Å²) in [4.78, 5) is 0. The summed E-state index contributed by atoms with van der Waals surface area (Å²) in [5, 5.41) is 3.62. The standard InChI is InChI=1S/C16H27NO2/c1-5-6-12-15(14-10-8-7-9-11-14)17-13(2)16(18-3)19-4/h7-11,13,15-17H,5-6,12H2,1-4H3. The Labute approximate surface area is 117 Å². The first kappa shape index (κ1) is 16.2. The number of rotatable bonds is 9. The monoisotopic (exact) mass is 265 g/mol. The molecule has 3 nitrogen and oxygen atoms in total. The van der Waals surface area contributed by atoms with E-state index in [1.807, 2.05) is 0 Å². The van der Waals surface area contributed by atoms with Crippen LogP contribution in [0.15, 0.2) is 30.3 Å². The minimum Gasteiger partial charge on any atom is -0.354 e. The summed E-state index contributed by atoms with van der Waals surface area (Å²) in [6.45, 7) is 4.32. The van der Waals surface area contributed by atoms with Gasteiger partial charge in [0.2, 0.25) is 0 Å². The van der Waals surface area contributed by atoms with E-state index in [1.165, 1.54) is 18.4 Å². The fourth-order valence-electron chi connectivity index (χ4n) is 2.34. The van der Waals surface area contributed by atoms with Crippen molar-refractivity contribution in [3.05, 3.63) is 35.9 Å². The van der Waals surface area contributed by atoms with Gasteiger partial charge in [0, 0.05) is 20.3 Å². The molecule has 0 aromatic heterocycles. The van der Waals surface area contributed by atoms with Gasteiger partial charge >= 0.3 is 0 Å². The highest BCUT2D eigenvalue weighted by molar-refractivity contribution is 5.19. The molecule has 19 heavy (non-hydrogen) atoms. The predicted octanol–water partition coefficient (Wildman–Crippen LogP) is 3.51. The maximum Gasteiger partial charge on any atom is 0.171 e. The number of ether oxygens (including phenoxy) is 2. The molecular weight excluding hydrogens is 238 g/mol. The van der Waals surface area contributed by atoms with E-state index in [2.05, 4.69) is 49.5 Å². The maximum atomic E-state index is 5.32. The van der Waals surface area contributed by atoms with Gasteiger partial charge in [0.25, 0.3) is 0 Å². The Kier molecular flexibility index (Phi) is 7.72. The van der Waals surface area contributed by atoms with Crippen molar-refractivity contribution in [2.45, 2.75) is 51.5 Å². The van der Waals surface area contributed by atoms with E-state index in [-0.39, 0.29) is 12.3 Å². The van der Waals surface area contributed by atoms with Gasteiger partial charge in [-0.2, -0.15) is 0 Å². The van der Waals surface area contributed by atoms with Gasteiger partial charge in [-0.05, 0) is 18.9 Å². The molecule has 3 heteroatoms. The molecule has 2 unspecified atom stereocenters. The largest absolute Gasteiger partial charge is 0.354 e. The predicted molar refractivity (Wildman–Crippen MR) is 79.1 cm³/mol. The number of benzene rings is 1. The fourth-order valence-corrected chi connectivity index (χ4v) is 2.34. The number of hydrogen-bond acceptors (Lipinski definition) is 3. The second-order valence-corrected chi connectivity index (χ2v) is 4.90. The normalized spacial score (nSPS) is 14.6. The van der Waals surface area contributed by atoms with Crippen LogP contribution in [0.3, 0.4) is 0 Å². The van der Waals surface area contributed by atoms with E-state index >= 15 is 0 Å². The van der Waals surface area contributed by atoms with E-state index in [9.17, 15) is 0 Å². The van der Waals surface area contributed by atoms with E-state index in [0.29, 0.717) is 6.04 Å². The summed E-state index contributed by atoms with van der Waals surface area (Å²) >= 11 is 0. The summed E-state index contributed by atoms with van der Waals surface area (Å²) in [6.07, 6.45) is 3.33. The van der Waals surface area contributed by atoms with Gasteiger partial charge in [-0.1, -0.05) is 50.1 Å². The Hall–Kier alpha value is -0.900. The maximum absolute atomic E-state index is 5.32. The molecule has 1 rings (SSSR count). The van der Waals surface area contributed by atoms with Crippen LogP contribution in [0.4, 0.5) is 0 Å². The third-order valence-electron chi connectivity index (χ3n) is 3.39. The number of nitrogens with one attached hydrogen (secondary N) is 1. The van der Waals surface area contributed by atoms with Crippen molar-refractivity contribution < 1.29 is 9.47 Å². The molecule has 0 aliphatic carbocycles. The van der Waals surface area contributed by atoms with Crippen molar-refractivity contribution in [1.29, 1.82) is 0 Å². The van der Waals surface area contributed by atoms with Gasteiger partial charge in [0.15, 0.2) is 6.29 Å². The molecule has 0 heterocycles. The lowest BCUT2D eigenvalue weighted by Gasteiger charge is -2.28. The van der Waals surface area contributed by atoms with Gasteiger partial charge in [0.1, 0.15) is 0 Å². The summed E-state index contributed by atoms with van der Waals surface area (Å²) in [5.41, 5.74) is 1.33. The van der Waals surface area contributed by atoms with Crippen molar-refractivity contribution in [1.82, 2.24) is 5.32 Å². The van der Waals surface area contributed by atoms with Gasteiger partial charge in [-0.25, -0.2) is 0 Å². The SMILES string of the molecule is CCCCC(NC(C)C(OC)OC)c1ccccc1. The van der Waals surface area contributed by atoms with Crippen LogP contribution in [0.1, 0.15) is 44.7 Å². The minimum atomic E-state index is -0.215. The molecule has 0 radical (unpaired) electrons. The second kappa shape index (κ2) is 9.08. The Balaban J connectivity index is 2.69. The molecule has 0 aliphatic rings. The van der Waals surface area contributed by atoms with Gasteiger partial charge in [0.05, 0.1) is 6.04 Å². The van der Waals surface area contributed by atoms with Crippen molar-refractivity contribution in [2.75, 3.05) is 14.2 Å². The van der Waals surface area contributed by atoms with Gasteiger partial charge < -0.3 is 14.8 Å². The van der Waals surface area contributed by atoms with Crippen LogP contribution in [0, 0.1) is 0 Å². The second-order valence-electron chi connectivity index (χ2n) is 4.90. The van der Waals surface area contributed by atoms with E-state index in [4.69, 9.17) is 9.47 Å². The Morgan fingerprint density at radius 3 is 2.26 bits per heavy atom. The molecule has 108 valence electrons. The zero-order valence-corrected chi connectivity index (χ0v) is 12.6. The van der Waals surface area contributed by atoms with Crippen molar-refractivity contribution in [2.24, 2.45) is 0 Å². The van der Waals surface area contributed by atoms with Crippen LogP contribution >= 0.6 is 0 Å². The quantitative estimate of drug-likeness (QED) is 0.693. The van der Waals surface area contributed by atoms with Crippen LogP contribution in [0.2, 0.25) is 0 Å². The third kappa shape index (κ3) is 5.31. The molecule has 2 atom stereocenters. The molecule has 0 aliphatic heterocycles. The number of unbranched alkanes of at least 4 members (excludes halogenated alkanes) is 1. The highest BCUT2D eigenvalue weighted by Crippen LogP contribution is 2.20. The van der Waals surface area contributed by atoms with Crippen LogP contribution in [-0.4, -0.2) is 26.6 Å². The molecule has 0 spiro atoms. The Morgan fingerprint density at radius 2 is 1.74 bits per heavy atom. The third-order valence-corrected chi connectivity index (χ3v) is 3.39. The highest BCUT2D eigenvalue weighted by Gasteiger charge is 2.20. The lowest BCUT2D eigenvalue weighted by molar-refractivity contribution is -0.121. The van der Waals surface area contributed by atoms with Crippen LogP contribution < -0.4 is 5.32 Å². The van der Waals surface area contributed by atoms with Crippen molar-refractivity contribution in [3.63, 3.8) is 0 Å². The van der Waals surface area contributed by atoms with Gasteiger partial charge in [-0.3, -0.25) is 0 Å². The van der Waals surface area contributed by atoms with E-state index in [0.717, 1.165) is 6.42 Å². The molecule has 0 saturated carbocycles. The summed E-state index contributed by atoms with van der Waals surface area (Å²) < 4.78 is 10.6. The first-order valence-electron chi connectivity index (χ1n) is 7.09. The lowest BCUT2D eigenvalue weighted by Crippen LogP contribution is -2.41. The topological polar surface area (TPSA) is 30.5 Å². The first-order valence-corrected chi connectivity index (χ1v) is 7.09. The minimum absolute atomic E-state index is 0.150. The highest BCUT2D eigenvalue weighted by atomic mass is 16.7. The summed E-state index contributed by atoms with van der Waals surface area (Å²) in [5.74, 6) is 0. The van der Waals surface area contributed by atoms with Crippen LogP contribution in [0.5, 0.6) is 0 Å². The fraction of sp³-hybridized carbons (Fsp3) is 0.625. The molecule has 0 bridgehead atoms. The molecule has 0 fully saturated rings. The van der Waals surface area contributed by atoms with Crippen LogP contribution in [0.25, 0.3) is 0 Å². The number of hydrogen-bond donors (Lipinski definition) is 1. The average Bonchev–Trinajstić information content (AvgIpc) is 2.45. The lowest BCUT2D eigenvalue weighted by atomic mass is 10.0. The molecule has 1 aromatic rings. The smallest absolute Gasteiger partial charge is 0.171 e. The van der Waals surface area contributed by atoms with E-state index < -0.39 is 0 Å². The number of methoxy groups -OCH3 is 2. The molecule has 0 amide bonds. The first-order chi connectivity index (χ1) is 9.22. The van der Waals surface area contributed by atoms with E-state index in [1.54, 1.807) is 14.2 Å². The zero-order valence-electron chi connectivity index (χ0n) is 12.6. The zero-order chi connectivity index (χ0) is 14.1. The Morgan fingerprint density at radius 1 is 1.11 bits per heavy atom. The van der Waals surface area contributed by atoms with Crippen molar-refractivity contribution in [3.8, 4) is 0 Å². The average molecular weight is 265 g/mol. The van der Waals surface area contributed by atoms with Gasteiger partial charge in [-0.15, -0.1) is 0 Å². The van der Waals surface area contributed by atoms with Crippen molar-refractivity contribution >= 4 is 0 Å². The Bertz CT molecular complexity index is 325.